The van der Waals surface area contributed by atoms with Crippen molar-refractivity contribution in [2.45, 2.75) is 45.6 Å². The van der Waals surface area contributed by atoms with Gasteiger partial charge in [-0.25, -0.2) is 0 Å². The zero-order chi connectivity index (χ0) is 12.6. The third kappa shape index (κ3) is 2.33. The maximum atomic E-state index is 3.68. The van der Waals surface area contributed by atoms with E-state index in [-0.39, 0.29) is 0 Å². The van der Waals surface area contributed by atoms with E-state index in [1.54, 1.807) is 0 Å². The molecule has 98 valence electrons. The van der Waals surface area contributed by atoms with Crippen LogP contribution in [0.5, 0.6) is 0 Å². The lowest BCUT2D eigenvalue weighted by Crippen LogP contribution is -2.25. The van der Waals surface area contributed by atoms with E-state index in [1.165, 1.54) is 50.1 Å². The SMILES string of the molecule is CC(Nc1cccc(N2CCCC2)c1)C1(C)CC1. The molecule has 1 N–H and O–H groups in total. The molecule has 1 heterocycles. The summed E-state index contributed by atoms with van der Waals surface area (Å²) in [5.74, 6) is 0. The summed E-state index contributed by atoms with van der Waals surface area (Å²) in [6.45, 7) is 7.14. The zero-order valence-electron chi connectivity index (χ0n) is 11.6. The minimum Gasteiger partial charge on any atom is -0.382 e. The molecular formula is C16H24N2. The molecule has 1 atom stereocenters. The first-order valence-corrected chi connectivity index (χ1v) is 7.29. The van der Waals surface area contributed by atoms with E-state index in [1.807, 2.05) is 0 Å². The van der Waals surface area contributed by atoms with Gasteiger partial charge < -0.3 is 10.2 Å². The molecule has 0 radical (unpaired) electrons. The van der Waals surface area contributed by atoms with Crippen molar-refractivity contribution in [2.75, 3.05) is 23.3 Å². The van der Waals surface area contributed by atoms with Gasteiger partial charge in [0.2, 0.25) is 0 Å². The van der Waals surface area contributed by atoms with Crippen LogP contribution in [0.25, 0.3) is 0 Å². The third-order valence-electron chi connectivity index (χ3n) is 4.78. The Morgan fingerprint density at radius 1 is 1.22 bits per heavy atom. The average Bonchev–Trinajstić information content (AvgIpc) is 2.93. The van der Waals surface area contributed by atoms with Crippen molar-refractivity contribution in [3.63, 3.8) is 0 Å². The number of anilines is 2. The van der Waals surface area contributed by atoms with Crippen LogP contribution < -0.4 is 10.2 Å². The minimum absolute atomic E-state index is 0.531. The monoisotopic (exact) mass is 244 g/mol. The molecule has 1 saturated heterocycles. The largest absolute Gasteiger partial charge is 0.382 e. The van der Waals surface area contributed by atoms with Crippen LogP contribution in [0.3, 0.4) is 0 Å². The molecule has 2 aliphatic rings. The van der Waals surface area contributed by atoms with Gasteiger partial charge >= 0.3 is 0 Å². The molecule has 2 nitrogen and oxygen atoms in total. The molecule has 0 bridgehead atoms. The molecular weight excluding hydrogens is 220 g/mol. The average molecular weight is 244 g/mol. The topological polar surface area (TPSA) is 15.3 Å². The van der Waals surface area contributed by atoms with Crippen molar-refractivity contribution in [2.24, 2.45) is 5.41 Å². The minimum atomic E-state index is 0.531. The molecule has 2 heteroatoms. The number of benzene rings is 1. The fourth-order valence-corrected chi connectivity index (χ4v) is 2.82. The van der Waals surface area contributed by atoms with Crippen LogP contribution in [0, 0.1) is 5.41 Å². The van der Waals surface area contributed by atoms with Gasteiger partial charge in [0.05, 0.1) is 0 Å². The Kier molecular flexibility index (Phi) is 2.96. The molecule has 0 aromatic heterocycles. The van der Waals surface area contributed by atoms with E-state index in [0.29, 0.717) is 11.5 Å². The molecule has 2 fully saturated rings. The molecule has 3 rings (SSSR count). The number of rotatable bonds is 4. The number of nitrogens with one attached hydrogen (secondary N) is 1. The smallest absolute Gasteiger partial charge is 0.0386 e. The summed E-state index contributed by atoms with van der Waals surface area (Å²) < 4.78 is 0. The summed E-state index contributed by atoms with van der Waals surface area (Å²) in [5.41, 5.74) is 3.19. The Bertz CT molecular complexity index is 417. The highest BCUT2D eigenvalue weighted by Gasteiger charge is 2.42. The molecule has 18 heavy (non-hydrogen) atoms. The highest BCUT2D eigenvalue weighted by molar-refractivity contribution is 5.59. The van der Waals surface area contributed by atoms with E-state index in [4.69, 9.17) is 0 Å². The molecule has 1 aliphatic carbocycles. The van der Waals surface area contributed by atoms with Crippen LogP contribution in [0.2, 0.25) is 0 Å². The van der Waals surface area contributed by atoms with Crippen LogP contribution in [0.4, 0.5) is 11.4 Å². The summed E-state index contributed by atoms with van der Waals surface area (Å²) in [5, 5.41) is 3.68. The second kappa shape index (κ2) is 4.49. The van der Waals surface area contributed by atoms with Crippen LogP contribution in [0.1, 0.15) is 39.5 Å². The van der Waals surface area contributed by atoms with Gasteiger partial charge in [0.25, 0.3) is 0 Å². The molecule has 1 saturated carbocycles. The van der Waals surface area contributed by atoms with Gasteiger partial charge in [-0.3, -0.25) is 0 Å². The lowest BCUT2D eigenvalue weighted by Gasteiger charge is -2.23. The molecule has 0 amide bonds. The Morgan fingerprint density at radius 2 is 1.94 bits per heavy atom. The van der Waals surface area contributed by atoms with Crippen molar-refractivity contribution in [1.29, 1.82) is 0 Å². The quantitative estimate of drug-likeness (QED) is 0.864. The Hall–Kier alpha value is -1.18. The Morgan fingerprint density at radius 3 is 2.61 bits per heavy atom. The first kappa shape index (κ1) is 11.9. The van der Waals surface area contributed by atoms with Crippen molar-refractivity contribution < 1.29 is 0 Å². The molecule has 1 aliphatic heterocycles. The van der Waals surface area contributed by atoms with Gasteiger partial charge in [-0.15, -0.1) is 0 Å². The van der Waals surface area contributed by atoms with E-state index in [9.17, 15) is 0 Å². The normalized spacial score (nSPS) is 22.9. The maximum absolute atomic E-state index is 3.68. The van der Waals surface area contributed by atoms with Crippen molar-refractivity contribution >= 4 is 11.4 Å². The first-order valence-electron chi connectivity index (χ1n) is 7.29. The molecule has 1 unspecified atom stereocenters. The van der Waals surface area contributed by atoms with Gasteiger partial charge in [-0.1, -0.05) is 13.0 Å². The predicted octanol–water partition coefficient (Wildman–Crippen LogP) is 3.89. The summed E-state index contributed by atoms with van der Waals surface area (Å²) >= 11 is 0. The van der Waals surface area contributed by atoms with Gasteiger partial charge in [0.15, 0.2) is 0 Å². The van der Waals surface area contributed by atoms with Crippen LogP contribution >= 0.6 is 0 Å². The predicted molar refractivity (Wildman–Crippen MR) is 78.3 cm³/mol. The van der Waals surface area contributed by atoms with Crippen molar-refractivity contribution in [3.05, 3.63) is 24.3 Å². The molecule has 1 aromatic rings. The Balaban J connectivity index is 1.70. The van der Waals surface area contributed by atoms with E-state index >= 15 is 0 Å². The number of hydrogen-bond donors (Lipinski definition) is 1. The van der Waals surface area contributed by atoms with Crippen LogP contribution in [-0.4, -0.2) is 19.1 Å². The third-order valence-corrected chi connectivity index (χ3v) is 4.78. The van der Waals surface area contributed by atoms with Crippen LogP contribution in [-0.2, 0) is 0 Å². The highest BCUT2D eigenvalue weighted by Crippen LogP contribution is 2.48. The second-order valence-corrected chi connectivity index (χ2v) is 6.26. The summed E-state index contributed by atoms with van der Waals surface area (Å²) in [7, 11) is 0. The summed E-state index contributed by atoms with van der Waals surface area (Å²) in [6, 6.07) is 9.50. The summed E-state index contributed by atoms with van der Waals surface area (Å²) in [4.78, 5) is 2.49. The lowest BCUT2D eigenvalue weighted by molar-refractivity contribution is 0.493. The maximum Gasteiger partial charge on any atom is 0.0386 e. The fraction of sp³-hybridized carbons (Fsp3) is 0.625. The van der Waals surface area contributed by atoms with Crippen molar-refractivity contribution in [1.82, 2.24) is 0 Å². The van der Waals surface area contributed by atoms with Gasteiger partial charge in [0.1, 0.15) is 0 Å². The van der Waals surface area contributed by atoms with Crippen LogP contribution in [0.15, 0.2) is 24.3 Å². The highest BCUT2D eigenvalue weighted by atomic mass is 15.1. The Labute approximate surface area is 110 Å². The van der Waals surface area contributed by atoms with Gasteiger partial charge in [0, 0.05) is 30.5 Å². The van der Waals surface area contributed by atoms with E-state index in [2.05, 4.69) is 48.3 Å². The molecule has 0 spiro atoms. The fourth-order valence-electron chi connectivity index (χ4n) is 2.82. The standard InChI is InChI=1S/C16H24N2/c1-13(16(2)8-9-16)17-14-6-5-7-15(12-14)18-10-3-4-11-18/h5-7,12-13,17H,3-4,8-11H2,1-2H3. The molecule has 1 aromatic carbocycles. The zero-order valence-corrected chi connectivity index (χ0v) is 11.6. The number of nitrogens with zero attached hydrogens (tertiary/aromatic N) is 1. The van der Waals surface area contributed by atoms with E-state index in [0.717, 1.165) is 0 Å². The summed E-state index contributed by atoms with van der Waals surface area (Å²) in [6.07, 6.45) is 5.41. The number of hydrogen-bond acceptors (Lipinski definition) is 2. The van der Waals surface area contributed by atoms with Gasteiger partial charge in [-0.2, -0.15) is 0 Å². The van der Waals surface area contributed by atoms with Crippen molar-refractivity contribution in [3.8, 4) is 0 Å². The first-order chi connectivity index (χ1) is 8.67. The van der Waals surface area contributed by atoms with Gasteiger partial charge in [-0.05, 0) is 56.2 Å². The van der Waals surface area contributed by atoms with E-state index < -0.39 is 0 Å². The lowest BCUT2D eigenvalue weighted by atomic mass is 10.0. The second-order valence-electron chi connectivity index (χ2n) is 6.26.